The highest BCUT2D eigenvalue weighted by Crippen LogP contribution is 2.36. The summed E-state index contributed by atoms with van der Waals surface area (Å²) in [6.07, 6.45) is 1.22. The Morgan fingerprint density at radius 1 is 1.10 bits per heavy atom. The van der Waals surface area contributed by atoms with E-state index in [-0.39, 0.29) is 5.91 Å². The van der Waals surface area contributed by atoms with E-state index < -0.39 is 6.17 Å². The first kappa shape index (κ1) is 13.2. The minimum absolute atomic E-state index is 0.174. The molecule has 0 radical (unpaired) electrons. The maximum Gasteiger partial charge on any atom is 0.256 e. The Bertz CT molecular complexity index is 688. The van der Waals surface area contributed by atoms with Crippen LogP contribution in [0.25, 0.3) is 0 Å². The molecular weight excluding hydrogens is 270 g/mol. The number of carbonyl (C=O) groups excluding carboxylic acids is 1. The first-order valence-electron chi connectivity index (χ1n) is 6.48. The average Bonchev–Trinajstić information content (AvgIpc) is 2.54. The van der Waals surface area contributed by atoms with Crippen molar-refractivity contribution in [3.05, 3.63) is 47.7 Å². The zero-order chi connectivity index (χ0) is 14.8. The second-order valence-corrected chi connectivity index (χ2v) is 4.53. The largest absolute Gasteiger partial charge is 0.493 e. The van der Waals surface area contributed by atoms with E-state index in [1.165, 1.54) is 0 Å². The number of nitrogens with zero attached hydrogens (tertiary/aromatic N) is 1. The molecule has 1 aliphatic rings. The third-order valence-corrected chi connectivity index (χ3v) is 3.35. The number of para-hydroxylation sites is 1. The van der Waals surface area contributed by atoms with Crippen molar-refractivity contribution in [2.75, 3.05) is 19.5 Å². The summed E-state index contributed by atoms with van der Waals surface area (Å²) in [6.45, 7) is 0. The maximum atomic E-state index is 12.2. The van der Waals surface area contributed by atoms with Crippen LogP contribution >= 0.6 is 0 Å². The first-order valence-corrected chi connectivity index (χ1v) is 6.48. The molecule has 1 aliphatic heterocycles. The number of rotatable bonds is 3. The molecule has 6 heteroatoms. The van der Waals surface area contributed by atoms with Crippen LogP contribution in [0.4, 0.5) is 5.82 Å². The van der Waals surface area contributed by atoms with Crippen molar-refractivity contribution in [2.45, 2.75) is 6.17 Å². The van der Waals surface area contributed by atoms with E-state index in [2.05, 4.69) is 15.6 Å². The molecule has 21 heavy (non-hydrogen) atoms. The number of amides is 1. The van der Waals surface area contributed by atoms with Gasteiger partial charge in [-0.1, -0.05) is 12.1 Å². The van der Waals surface area contributed by atoms with Crippen LogP contribution in [0.5, 0.6) is 11.5 Å². The van der Waals surface area contributed by atoms with E-state index in [0.29, 0.717) is 22.9 Å². The second kappa shape index (κ2) is 5.32. The highest BCUT2D eigenvalue weighted by Gasteiger charge is 2.28. The predicted molar refractivity (Wildman–Crippen MR) is 77.6 cm³/mol. The zero-order valence-corrected chi connectivity index (χ0v) is 11.7. The summed E-state index contributed by atoms with van der Waals surface area (Å²) in [5, 5.41) is 6.08. The fourth-order valence-electron chi connectivity index (χ4n) is 2.38. The van der Waals surface area contributed by atoms with Crippen LogP contribution in [-0.2, 0) is 0 Å². The van der Waals surface area contributed by atoms with Crippen LogP contribution in [0.3, 0.4) is 0 Å². The van der Waals surface area contributed by atoms with Gasteiger partial charge >= 0.3 is 0 Å². The van der Waals surface area contributed by atoms with Crippen LogP contribution in [-0.4, -0.2) is 25.1 Å². The molecule has 0 saturated heterocycles. The van der Waals surface area contributed by atoms with E-state index in [1.807, 2.05) is 12.1 Å². The molecule has 0 fully saturated rings. The number of benzene rings is 1. The van der Waals surface area contributed by atoms with Crippen LogP contribution in [0.2, 0.25) is 0 Å². The summed E-state index contributed by atoms with van der Waals surface area (Å²) < 4.78 is 10.7. The number of ether oxygens (including phenoxy) is 2. The molecule has 2 N–H and O–H groups in total. The van der Waals surface area contributed by atoms with Crippen molar-refractivity contribution in [1.82, 2.24) is 10.3 Å². The van der Waals surface area contributed by atoms with Crippen molar-refractivity contribution < 1.29 is 14.3 Å². The van der Waals surface area contributed by atoms with Gasteiger partial charge in [0.1, 0.15) is 12.0 Å². The predicted octanol–water partition coefficient (Wildman–Crippen LogP) is 1.95. The van der Waals surface area contributed by atoms with Gasteiger partial charge in [0, 0.05) is 11.8 Å². The van der Waals surface area contributed by atoms with Gasteiger partial charge < -0.3 is 20.1 Å². The van der Waals surface area contributed by atoms with Gasteiger partial charge in [-0.3, -0.25) is 4.79 Å². The summed E-state index contributed by atoms with van der Waals surface area (Å²) >= 11 is 0. The van der Waals surface area contributed by atoms with E-state index in [0.717, 1.165) is 5.56 Å². The highest BCUT2D eigenvalue weighted by atomic mass is 16.5. The van der Waals surface area contributed by atoms with Crippen molar-refractivity contribution in [1.29, 1.82) is 0 Å². The van der Waals surface area contributed by atoms with Gasteiger partial charge in [-0.25, -0.2) is 4.98 Å². The van der Waals surface area contributed by atoms with Crippen LogP contribution in [0, 0.1) is 0 Å². The molecule has 0 bridgehead atoms. The minimum Gasteiger partial charge on any atom is -0.493 e. The fourth-order valence-corrected chi connectivity index (χ4v) is 2.38. The summed E-state index contributed by atoms with van der Waals surface area (Å²) in [7, 11) is 3.14. The van der Waals surface area contributed by atoms with Gasteiger partial charge in [-0.15, -0.1) is 0 Å². The molecule has 1 amide bonds. The van der Waals surface area contributed by atoms with E-state index in [1.54, 1.807) is 38.6 Å². The maximum absolute atomic E-state index is 12.2. The number of nitrogens with one attached hydrogen (secondary N) is 2. The molecule has 3 rings (SSSR count). The van der Waals surface area contributed by atoms with Gasteiger partial charge in [0.25, 0.3) is 5.91 Å². The first-order chi connectivity index (χ1) is 10.2. The van der Waals surface area contributed by atoms with Crippen molar-refractivity contribution in [3.8, 4) is 11.5 Å². The Kier molecular flexibility index (Phi) is 3.35. The molecule has 108 valence electrons. The Morgan fingerprint density at radius 2 is 1.95 bits per heavy atom. The topological polar surface area (TPSA) is 72.5 Å². The van der Waals surface area contributed by atoms with Gasteiger partial charge in [0.05, 0.1) is 19.8 Å². The molecule has 0 unspecified atom stereocenters. The number of anilines is 1. The lowest BCUT2D eigenvalue weighted by atomic mass is 10.1. The summed E-state index contributed by atoms with van der Waals surface area (Å²) in [5.74, 6) is 1.57. The Balaban J connectivity index is 2.02. The minimum atomic E-state index is -0.426. The number of fused-ring (bicyclic) bond motifs is 1. The van der Waals surface area contributed by atoms with E-state index in [9.17, 15) is 4.79 Å². The summed E-state index contributed by atoms with van der Waals surface area (Å²) in [6, 6.07) is 8.97. The van der Waals surface area contributed by atoms with E-state index in [4.69, 9.17) is 9.47 Å². The standard InChI is InChI=1S/C15H15N3O3/c1-20-11-7-3-5-9(12(11)21-2)14-17-13-10(15(19)18-14)6-4-8-16-13/h3-8,14H,1-2H3,(H,16,17)(H,18,19)/t14-/m1/s1. The van der Waals surface area contributed by atoms with Crippen LogP contribution < -0.4 is 20.1 Å². The molecule has 2 heterocycles. The second-order valence-electron chi connectivity index (χ2n) is 4.53. The van der Waals surface area contributed by atoms with Gasteiger partial charge in [0.15, 0.2) is 11.5 Å². The van der Waals surface area contributed by atoms with Crippen LogP contribution in [0.15, 0.2) is 36.5 Å². The molecule has 1 aromatic carbocycles. The fraction of sp³-hybridized carbons (Fsp3) is 0.200. The smallest absolute Gasteiger partial charge is 0.256 e. The highest BCUT2D eigenvalue weighted by molar-refractivity contribution is 6.00. The molecule has 0 saturated carbocycles. The van der Waals surface area contributed by atoms with Crippen molar-refractivity contribution >= 4 is 11.7 Å². The Morgan fingerprint density at radius 3 is 2.71 bits per heavy atom. The number of hydrogen-bond donors (Lipinski definition) is 2. The molecule has 0 aliphatic carbocycles. The van der Waals surface area contributed by atoms with Gasteiger partial charge in [-0.05, 0) is 18.2 Å². The summed E-state index contributed by atoms with van der Waals surface area (Å²) in [5.41, 5.74) is 1.30. The molecule has 0 spiro atoms. The number of hydrogen-bond acceptors (Lipinski definition) is 5. The Hall–Kier alpha value is -2.76. The number of methoxy groups -OCH3 is 2. The van der Waals surface area contributed by atoms with Crippen LogP contribution in [0.1, 0.15) is 22.1 Å². The lowest BCUT2D eigenvalue weighted by Gasteiger charge is -2.28. The molecule has 6 nitrogen and oxygen atoms in total. The SMILES string of the molecule is COc1cccc([C@H]2NC(=O)c3cccnc3N2)c1OC. The third-order valence-electron chi connectivity index (χ3n) is 3.35. The average molecular weight is 285 g/mol. The monoisotopic (exact) mass is 285 g/mol. The lowest BCUT2D eigenvalue weighted by molar-refractivity contribution is 0.0934. The lowest BCUT2D eigenvalue weighted by Crippen LogP contribution is -2.39. The molecule has 2 aromatic rings. The number of pyridine rings is 1. The quantitative estimate of drug-likeness (QED) is 0.902. The zero-order valence-electron chi connectivity index (χ0n) is 11.7. The molecule has 1 aromatic heterocycles. The van der Waals surface area contributed by atoms with Gasteiger partial charge in [0.2, 0.25) is 0 Å². The summed E-state index contributed by atoms with van der Waals surface area (Å²) in [4.78, 5) is 16.4. The third kappa shape index (κ3) is 2.24. The molecular formula is C15H15N3O3. The number of aromatic nitrogens is 1. The Labute approximate surface area is 122 Å². The normalized spacial score (nSPS) is 16.5. The van der Waals surface area contributed by atoms with E-state index >= 15 is 0 Å². The van der Waals surface area contributed by atoms with Crippen molar-refractivity contribution in [2.24, 2.45) is 0 Å². The number of carbonyl (C=O) groups is 1. The van der Waals surface area contributed by atoms with Gasteiger partial charge in [-0.2, -0.15) is 0 Å². The van der Waals surface area contributed by atoms with Crippen molar-refractivity contribution in [3.63, 3.8) is 0 Å². The molecule has 1 atom stereocenters.